The third-order valence-corrected chi connectivity index (χ3v) is 5.39. The molecule has 29 heavy (non-hydrogen) atoms. The number of nitrogen functional groups attached to an aromatic ring is 1. The van der Waals surface area contributed by atoms with Crippen molar-refractivity contribution in [2.75, 3.05) is 12.8 Å². The second kappa shape index (κ2) is 8.31. The van der Waals surface area contributed by atoms with Gasteiger partial charge in [0.15, 0.2) is 5.69 Å². The number of methoxy groups -OCH3 is 1. The molecule has 146 valence electrons. The van der Waals surface area contributed by atoms with Gasteiger partial charge in [-0.25, -0.2) is 9.59 Å². The highest BCUT2D eigenvalue weighted by Gasteiger charge is 2.23. The van der Waals surface area contributed by atoms with Crippen LogP contribution in [0.1, 0.15) is 26.4 Å². The molecule has 0 fully saturated rings. The number of nitrogens with two attached hydrogens (primary N) is 1. The maximum absolute atomic E-state index is 12.1. The van der Waals surface area contributed by atoms with E-state index in [2.05, 4.69) is 0 Å². The van der Waals surface area contributed by atoms with E-state index in [4.69, 9.17) is 22.1 Å². The van der Waals surface area contributed by atoms with Crippen LogP contribution in [0.15, 0.2) is 58.5 Å². The van der Waals surface area contributed by atoms with Crippen molar-refractivity contribution < 1.29 is 19.4 Å². The van der Waals surface area contributed by atoms with Crippen LogP contribution in [0.5, 0.6) is 0 Å². The van der Waals surface area contributed by atoms with Gasteiger partial charge in [0.2, 0.25) is 0 Å². The number of aromatic nitrogens is 1. The van der Waals surface area contributed by atoms with Gasteiger partial charge in [0.05, 0.1) is 23.9 Å². The Kier molecular flexibility index (Phi) is 5.82. The first-order chi connectivity index (χ1) is 13.8. The van der Waals surface area contributed by atoms with Gasteiger partial charge in [0.25, 0.3) is 0 Å². The SMILES string of the molecule is COC(=O)c1c(N)c(C#N)cn1-c1ccc(Sc2ccc(Cl)cc2)c(C(=O)O)c1. The van der Waals surface area contributed by atoms with Gasteiger partial charge in [0.1, 0.15) is 6.07 Å². The number of aromatic carboxylic acids is 1. The van der Waals surface area contributed by atoms with Crippen LogP contribution in [-0.2, 0) is 4.74 Å². The van der Waals surface area contributed by atoms with Gasteiger partial charge in [-0.1, -0.05) is 23.4 Å². The van der Waals surface area contributed by atoms with E-state index < -0.39 is 11.9 Å². The van der Waals surface area contributed by atoms with Crippen molar-refractivity contribution in [1.29, 1.82) is 5.26 Å². The van der Waals surface area contributed by atoms with Crippen molar-refractivity contribution in [3.05, 3.63) is 70.5 Å². The second-order valence-electron chi connectivity index (χ2n) is 5.82. The Labute approximate surface area is 175 Å². The molecule has 7 nitrogen and oxygen atoms in total. The number of benzene rings is 2. The van der Waals surface area contributed by atoms with Crippen molar-refractivity contribution >= 4 is 41.0 Å². The summed E-state index contributed by atoms with van der Waals surface area (Å²) in [5, 5.41) is 19.5. The summed E-state index contributed by atoms with van der Waals surface area (Å²) in [5.74, 6) is -1.87. The van der Waals surface area contributed by atoms with E-state index in [0.717, 1.165) is 4.90 Å². The van der Waals surface area contributed by atoms with Gasteiger partial charge in [-0.3, -0.25) is 0 Å². The first kappa shape index (κ1) is 20.3. The fourth-order valence-electron chi connectivity index (χ4n) is 2.67. The van der Waals surface area contributed by atoms with Crippen molar-refractivity contribution in [2.24, 2.45) is 0 Å². The van der Waals surface area contributed by atoms with E-state index in [-0.39, 0.29) is 22.5 Å². The molecule has 0 saturated carbocycles. The number of carbonyl (C=O) groups is 2. The molecule has 0 atom stereocenters. The fourth-order valence-corrected chi connectivity index (χ4v) is 3.72. The minimum absolute atomic E-state index is 0.0315. The average molecular weight is 428 g/mol. The lowest BCUT2D eigenvalue weighted by molar-refractivity contribution is 0.0592. The summed E-state index contributed by atoms with van der Waals surface area (Å²) < 4.78 is 6.10. The van der Waals surface area contributed by atoms with Crippen LogP contribution < -0.4 is 5.73 Å². The zero-order valence-corrected chi connectivity index (χ0v) is 16.6. The Morgan fingerprint density at radius 2 is 1.93 bits per heavy atom. The lowest BCUT2D eigenvalue weighted by Crippen LogP contribution is -2.11. The van der Waals surface area contributed by atoms with E-state index in [0.29, 0.717) is 15.6 Å². The minimum Gasteiger partial charge on any atom is -0.478 e. The minimum atomic E-state index is -1.14. The van der Waals surface area contributed by atoms with Crippen molar-refractivity contribution in [3.8, 4) is 11.8 Å². The number of anilines is 1. The first-order valence-corrected chi connectivity index (χ1v) is 9.35. The Bertz CT molecular complexity index is 1150. The maximum Gasteiger partial charge on any atom is 0.357 e. The first-order valence-electron chi connectivity index (χ1n) is 8.16. The molecule has 0 spiro atoms. The summed E-state index contributed by atoms with van der Waals surface area (Å²) in [4.78, 5) is 25.3. The van der Waals surface area contributed by atoms with Crippen molar-refractivity contribution in [2.45, 2.75) is 9.79 Å². The molecule has 0 bridgehead atoms. The molecule has 3 rings (SSSR count). The summed E-state index contributed by atoms with van der Waals surface area (Å²) in [7, 11) is 1.19. The van der Waals surface area contributed by atoms with Crippen molar-refractivity contribution in [1.82, 2.24) is 4.57 Å². The zero-order valence-electron chi connectivity index (χ0n) is 15.0. The third kappa shape index (κ3) is 4.06. The highest BCUT2D eigenvalue weighted by atomic mass is 35.5. The molecule has 1 heterocycles. The monoisotopic (exact) mass is 427 g/mol. The molecule has 9 heteroatoms. The molecule has 0 saturated heterocycles. The van der Waals surface area contributed by atoms with E-state index >= 15 is 0 Å². The maximum atomic E-state index is 12.1. The second-order valence-corrected chi connectivity index (χ2v) is 7.37. The molecule has 2 aromatic carbocycles. The van der Waals surface area contributed by atoms with Crippen LogP contribution in [-0.4, -0.2) is 28.7 Å². The number of halogens is 1. The highest BCUT2D eigenvalue weighted by Crippen LogP contribution is 2.33. The van der Waals surface area contributed by atoms with Gasteiger partial charge in [-0.2, -0.15) is 5.26 Å². The number of hydrogen-bond donors (Lipinski definition) is 2. The largest absolute Gasteiger partial charge is 0.478 e. The number of rotatable bonds is 5. The molecule has 3 N–H and O–H groups in total. The average Bonchev–Trinajstić information content (AvgIpc) is 3.05. The number of hydrogen-bond acceptors (Lipinski definition) is 6. The van der Waals surface area contributed by atoms with Crippen LogP contribution in [0, 0.1) is 11.3 Å². The summed E-state index contributed by atoms with van der Waals surface area (Å²) in [6, 6.07) is 13.6. The number of carboxylic acids is 1. The van der Waals surface area contributed by atoms with E-state index in [1.807, 2.05) is 6.07 Å². The summed E-state index contributed by atoms with van der Waals surface area (Å²) in [5.41, 5.74) is 6.29. The third-order valence-electron chi connectivity index (χ3n) is 4.06. The van der Waals surface area contributed by atoms with Crippen LogP contribution >= 0.6 is 23.4 Å². The Morgan fingerprint density at radius 3 is 2.52 bits per heavy atom. The molecule has 0 aliphatic heterocycles. The van der Waals surface area contributed by atoms with Crippen LogP contribution in [0.2, 0.25) is 5.02 Å². The van der Waals surface area contributed by atoms with E-state index in [9.17, 15) is 20.0 Å². The summed E-state index contributed by atoms with van der Waals surface area (Å²) in [6.45, 7) is 0. The molecule has 0 unspecified atom stereocenters. The Morgan fingerprint density at radius 1 is 1.24 bits per heavy atom. The molecule has 0 radical (unpaired) electrons. The predicted octanol–water partition coefficient (Wildman–Crippen LogP) is 4.22. The quantitative estimate of drug-likeness (QED) is 0.585. The molecule has 3 aromatic rings. The zero-order chi connectivity index (χ0) is 21.1. The van der Waals surface area contributed by atoms with Crippen LogP contribution in [0.3, 0.4) is 0 Å². The fraction of sp³-hybridized carbons (Fsp3) is 0.0500. The highest BCUT2D eigenvalue weighted by molar-refractivity contribution is 7.99. The molecule has 0 aliphatic carbocycles. The van der Waals surface area contributed by atoms with E-state index in [1.54, 1.807) is 36.4 Å². The number of ether oxygens (including phenoxy) is 1. The molecule has 0 aliphatic rings. The number of nitriles is 1. The smallest absolute Gasteiger partial charge is 0.357 e. The molecular weight excluding hydrogens is 414 g/mol. The lowest BCUT2D eigenvalue weighted by Gasteiger charge is -2.12. The van der Waals surface area contributed by atoms with Gasteiger partial charge in [-0.05, 0) is 42.5 Å². The van der Waals surface area contributed by atoms with Gasteiger partial charge < -0.3 is 20.1 Å². The van der Waals surface area contributed by atoms with Gasteiger partial charge in [0, 0.05) is 26.7 Å². The van der Waals surface area contributed by atoms with Crippen LogP contribution in [0.4, 0.5) is 5.69 Å². The van der Waals surface area contributed by atoms with Gasteiger partial charge in [-0.15, -0.1) is 0 Å². The number of carboxylic acid groups (broad SMARTS) is 1. The molecule has 0 amide bonds. The molecular formula is C20H14ClN3O4S. The number of esters is 1. The normalized spacial score (nSPS) is 10.4. The van der Waals surface area contributed by atoms with Crippen molar-refractivity contribution in [3.63, 3.8) is 0 Å². The Balaban J connectivity index is 2.10. The molecule has 1 aromatic heterocycles. The predicted molar refractivity (Wildman–Crippen MR) is 109 cm³/mol. The lowest BCUT2D eigenvalue weighted by atomic mass is 10.2. The summed E-state index contributed by atoms with van der Waals surface area (Å²) >= 11 is 7.15. The standard InChI is InChI=1S/C20H14ClN3O4S/c1-28-20(27)18-17(23)11(9-22)10-24(18)13-4-7-16(15(8-13)19(25)26)29-14-5-2-12(21)3-6-14/h2-8,10H,23H2,1H3,(H,25,26). The van der Waals surface area contributed by atoms with E-state index in [1.165, 1.54) is 35.7 Å². The Hall–Kier alpha value is -3.41. The number of carbonyl (C=O) groups excluding carboxylic acids is 1. The van der Waals surface area contributed by atoms with Crippen LogP contribution in [0.25, 0.3) is 5.69 Å². The summed E-state index contributed by atoms with van der Waals surface area (Å²) in [6.07, 6.45) is 1.37. The number of nitrogens with zero attached hydrogens (tertiary/aromatic N) is 2. The van der Waals surface area contributed by atoms with Gasteiger partial charge >= 0.3 is 11.9 Å². The topological polar surface area (TPSA) is 118 Å².